The summed E-state index contributed by atoms with van der Waals surface area (Å²) in [6, 6.07) is 15.7. The van der Waals surface area contributed by atoms with Crippen LogP contribution in [0.2, 0.25) is 0 Å². The third-order valence-corrected chi connectivity index (χ3v) is 4.92. The topological polar surface area (TPSA) is 44.7 Å². The lowest BCUT2D eigenvalue weighted by Gasteiger charge is -2.23. The van der Waals surface area contributed by atoms with Gasteiger partial charge in [-0.3, -0.25) is 9.89 Å². The first-order chi connectivity index (χ1) is 12.1. The lowest BCUT2D eigenvalue weighted by molar-refractivity contribution is 0.219. The van der Waals surface area contributed by atoms with Crippen molar-refractivity contribution in [2.75, 3.05) is 6.54 Å². The van der Waals surface area contributed by atoms with Crippen LogP contribution in [0.3, 0.4) is 0 Å². The Bertz CT molecular complexity index is 749. The number of hydrogen-bond acceptors (Lipinski definition) is 3. The highest BCUT2D eigenvalue weighted by atomic mass is 32.2. The molecule has 4 nitrogen and oxygen atoms in total. The summed E-state index contributed by atoms with van der Waals surface area (Å²) in [5.74, 6) is -0.287. The maximum Gasteiger partial charge on any atom is 0.324 e. The number of nitrogens with one attached hydrogen (secondary N) is 1. The molecule has 3 rings (SSSR count). The minimum atomic E-state index is -0.287. The molecule has 0 saturated carbocycles. The van der Waals surface area contributed by atoms with E-state index in [1.807, 2.05) is 30.3 Å². The number of carbonyl (C=O) groups excluding carboxylic acids is 1. The molecule has 0 fully saturated rings. The van der Waals surface area contributed by atoms with Gasteiger partial charge in [0.15, 0.2) is 5.17 Å². The summed E-state index contributed by atoms with van der Waals surface area (Å²) in [4.78, 5) is 18.8. The minimum Gasteiger partial charge on any atom is -0.334 e. The molecule has 1 atom stereocenters. The van der Waals surface area contributed by atoms with Gasteiger partial charge in [0, 0.05) is 11.8 Å². The van der Waals surface area contributed by atoms with Crippen LogP contribution in [0.4, 0.5) is 9.18 Å². The summed E-state index contributed by atoms with van der Waals surface area (Å²) >= 11 is 1.59. The maximum atomic E-state index is 13.1. The Morgan fingerprint density at radius 3 is 2.56 bits per heavy atom. The fraction of sp³-hybridized carbons (Fsp3) is 0.263. The number of nitrogens with zero attached hydrogens (tertiary/aromatic N) is 2. The quantitative estimate of drug-likeness (QED) is 0.898. The van der Waals surface area contributed by atoms with Gasteiger partial charge in [0.05, 0.1) is 13.1 Å². The Labute approximate surface area is 151 Å². The average Bonchev–Trinajstić information content (AvgIpc) is 3.06. The minimum absolute atomic E-state index is 0.200. The second-order valence-corrected chi connectivity index (χ2v) is 7.31. The van der Waals surface area contributed by atoms with Crippen molar-refractivity contribution in [3.8, 4) is 0 Å². The molecule has 0 aromatic heterocycles. The highest BCUT2D eigenvalue weighted by molar-refractivity contribution is 8.14. The van der Waals surface area contributed by atoms with Crippen molar-refractivity contribution in [2.45, 2.75) is 25.3 Å². The van der Waals surface area contributed by atoms with Crippen molar-refractivity contribution in [1.29, 1.82) is 0 Å². The molecule has 0 spiro atoms. The molecule has 1 aliphatic rings. The Morgan fingerprint density at radius 1 is 1.20 bits per heavy atom. The fourth-order valence-electron chi connectivity index (χ4n) is 2.48. The number of thioether (sulfide) groups is 1. The first-order valence-corrected chi connectivity index (χ1v) is 9.04. The summed E-state index contributed by atoms with van der Waals surface area (Å²) in [7, 11) is 0. The molecule has 1 N–H and O–H groups in total. The molecule has 2 amide bonds. The van der Waals surface area contributed by atoms with Crippen molar-refractivity contribution in [3.63, 3.8) is 0 Å². The van der Waals surface area contributed by atoms with Gasteiger partial charge in [-0.2, -0.15) is 0 Å². The summed E-state index contributed by atoms with van der Waals surface area (Å²) in [5, 5.41) is 4.01. The van der Waals surface area contributed by atoms with Crippen LogP contribution in [0.1, 0.15) is 18.1 Å². The molecule has 2 aromatic carbocycles. The largest absolute Gasteiger partial charge is 0.334 e. The molecule has 0 aliphatic carbocycles. The average molecular weight is 357 g/mol. The van der Waals surface area contributed by atoms with E-state index in [0.29, 0.717) is 30.1 Å². The monoisotopic (exact) mass is 357 g/mol. The first-order valence-electron chi connectivity index (χ1n) is 8.16. The molecular weight excluding hydrogens is 337 g/mol. The van der Waals surface area contributed by atoms with Crippen molar-refractivity contribution < 1.29 is 9.18 Å². The van der Waals surface area contributed by atoms with Gasteiger partial charge in [-0.1, -0.05) is 61.2 Å². The number of rotatable bonds is 4. The van der Waals surface area contributed by atoms with Crippen molar-refractivity contribution in [1.82, 2.24) is 10.2 Å². The zero-order valence-electron chi connectivity index (χ0n) is 14.0. The zero-order chi connectivity index (χ0) is 17.6. The van der Waals surface area contributed by atoms with Crippen LogP contribution in [-0.4, -0.2) is 27.9 Å². The number of aliphatic imine (C=N–C) groups is 1. The number of carbonyl (C=O) groups is 1. The predicted molar refractivity (Wildman–Crippen MR) is 100.0 cm³/mol. The van der Waals surface area contributed by atoms with Crippen LogP contribution in [0.25, 0.3) is 0 Å². The Kier molecular flexibility index (Phi) is 5.71. The Balaban J connectivity index is 1.71. The first kappa shape index (κ1) is 17.5. The molecule has 1 aliphatic heterocycles. The Hall–Kier alpha value is -2.34. The SMILES string of the molecule is C[C@@H]1CN=C(N(Cc2ccc(F)cc2)C(=O)NCc2ccccc2)S1. The summed E-state index contributed by atoms with van der Waals surface area (Å²) < 4.78 is 13.1. The van der Waals surface area contributed by atoms with Crippen LogP contribution < -0.4 is 5.32 Å². The van der Waals surface area contributed by atoms with E-state index in [-0.39, 0.29) is 11.8 Å². The number of urea groups is 1. The standard InChI is InChI=1S/C19H20FN3OS/c1-14-11-22-19(25-14)23(13-16-7-9-17(20)10-8-16)18(24)21-12-15-5-3-2-4-6-15/h2-10,14H,11-13H2,1H3,(H,21,24)/t14-/m1/s1. The van der Waals surface area contributed by atoms with E-state index in [9.17, 15) is 9.18 Å². The van der Waals surface area contributed by atoms with Gasteiger partial charge in [-0.25, -0.2) is 9.18 Å². The molecule has 0 unspecified atom stereocenters. The summed E-state index contributed by atoms with van der Waals surface area (Å²) in [6.07, 6.45) is 0. The van der Waals surface area contributed by atoms with Crippen molar-refractivity contribution >= 4 is 23.0 Å². The van der Waals surface area contributed by atoms with Crippen LogP contribution in [-0.2, 0) is 13.1 Å². The Morgan fingerprint density at radius 2 is 1.92 bits per heavy atom. The molecule has 2 aromatic rings. The zero-order valence-corrected chi connectivity index (χ0v) is 14.8. The third-order valence-electron chi connectivity index (χ3n) is 3.81. The molecule has 130 valence electrons. The summed E-state index contributed by atoms with van der Waals surface area (Å²) in [5.41, 5.74) is 1.89. The van der Waals surface area contributed by atoms with Gasteiger partial charge in [0.2, 0.25) is 0 Å². The van der Waals surface area contributed by atoms with Gasteiger partial charge in [-0.15, -0.1) is 0 Å². The van der Waals surface area contributed by atoms with Crippen molar-refractivity contribution in [2.24, 2.45) is 4.99 Å². The van der Waals surface area contributed by atoms with E-state index in [1.165, 1.54) is 12.1 Å². The van der Waals surface area contributed by atoms with E-state index >= 15 is 0 Å². The third kappa shape index (κ3) is 4.82. The van der Waals surface area contributed by atoms with Crippen LogP contribution in [0, 0.1) is 5.82 Å². The number of hydrogen-bond donors (Lipinski definition) is 1. The molecule has 25 heavy (non-hydrogen) atoms. The highest BCUT2D eigenvalue weighted by Crippen LogP contribution is 2.24. The van der Waals surface area contributed by atoms with Crippen molar-refractivity contribution in [3.05, 3.63) is 71.5 Å². The molecule has 1 heterocycles. The van der Waals surface area contributed by atoms with E-state index < -0.39 is 0 Å². The van der Waals surface area contributed by atoms with Gasteiger partial charge in [-0.05, 0) is 23.3 Å². The molecule has 0 radical (unpaired) electrons. The van der Waals surface area contributed by atoms with E-state index in [0.717, 1.165) is 11.1 Å². The van der Waals surface area contributed by atoms with Gasteiger partial charge in [0.1, 0.15) is 5.82 Å². The van der Waals surface area contributed by atoms with E-state index in [4.69, 9.17) is 0 Å². The molecule has 0 bridgehead atoms. The van der Waals surface area contributed by atoms with Gasteiger partial charge < -0.3 is 5.32 Å². The molecule has 6 heteroatoms. The van der Waals surface area contributed by atoms with E-state index in [2.05, 4.69) is 17.2 Å². The summed E-state index contributed by atoms with van der Waals surface area (Å²) in [6.45, 7) is 3.59. The number of amides is 2. The predicted octanol–water partition coefficient (Wildman–Crippen LogP) is 4.03. The normalized spacial score (nSPS) is 16.4. The van der Waals surface area contributed by atoms with Gasteiger partial charge in [0.25, 0.3) is 0 Å². The smallest absolute Gasteiger partial charge is 0.324 e. The lowest BCUT2D eigenvalue weighted by Crippen LogP contribution is -2.41. The maximum absolute atomic E-state index is 13.1. The lowest BCUT2D eigenvalue weighted by atomic mass is 10.2. The fourth-order valence-corrected chi connectivity index (χ4v) is 3.41. The number of benzene rings is 2. The van der Waals surface area contributed by atoms with E-state index in [1.54, 1.807) is 28.8 Å². The van der Waals surface area contributed by atoms with Crippen LogP contribution in [0.15, 0.2) is 59.6 Å². The molecule has 0 saturated heterocycles. The second-order valence-electron chi connectivity index (χ2n) is 5.91. The highest BCUT2D eigenvalue weighted by Gasteiger charge is 2.25. The van der Waals surface area contributed by atoms with Crippen LogP contribution >= 0.6 is 11.8 Å². The second kappa shape index (κ2) is 8.16. The number of halogens is 1. The van der Waals surface area contributed by atoms with Crippen LogP contribution in [0.5, 0.6) is 0 Å². The number of amidine groups is 1. The van der Waals surface area contributed by atoms with Gasteiger partial charge >= 0.3 is 6.03 Å². The molecular formula is C19H20FN3OS.